The van der Waals surface area contributed by atoms with E-state index < -0.39 is 87.6 Å². The van der Waals surface area contributed by atoms with Crippen molar-refractivity contribution >= 4 is 10.8 Å². The summed E-state index contributed by atoms with van der Waals surface area (Å²) < 4.78 is 96.3. The van der Waals surface area contributed by atoms with Gasteiger partial charge in [0.1, 0.15) is 11.9 Å². The lowest BCUT2D eigenvalue weighted by molar-refractivity contribution is -0.598. The minimum Gasteiger partial charge on any atom is -0.336 e. The molecule has 0 aromatic heterocycles. The highest BCUT2D eigenvalue weighted by molar-refractivity contribution is 7.84. The zero-order valence-electron chi connectivity index (χ0n) is 29.4. The minimum atomic E-state index is -4.97. The van der Waals surface area contributed by atoms with E-state index in [2.05, 4.69) is 13.8 Å². The first kappa shape index (κ1) is 35.6. The highest BCUT2D eigenvalue weighted by Gasteiger charge is 2.78. The molecule has 10 aliphatic rings. The van der Waals surface area contributed by atoms with Crippen LogP contribution in [-0.2, 0) is 58.8 Å². The minimum absolute atomic E-state index is 0.0490. The van der Waals surface area contributed by atoms with Gasteiger partial charge in [0.25, 0.3) is 5.79 Å². The van der Waals surface area contributed by atoms with Crippen LogP contribution in [0.1, 0.15) is 99.8 Å². The summed E-state index contributed by atoms with van der Waals surface area (Å²) >= 11 is 0. The van der Waals surface area contributed by atoms with Gasteiger partial charge in [0.05, 0.1) is 10.8 Å². The van der Waals surface area contributed by atoms with Crippen LogP contribution in [0.25, 0.3) is 0 Å². The van der Waals surface area contributed by atoms with E-state index in [1.807, 2.05) is 13.8 Å². The van der Waals surface area contributed by atoms with Crippen molar-refractivity contribution in [3.8, 4) is 0 Å². The summed E-state index contributed by atoms with van der Waals surface area (Å²) in [6.07, 6.45) is -1.51. The first-order valence-corrected chi connectivity index (χ1v) is 19.6. The third-order valence-corrected chi connectivity index (χ3v) is 14.8. The Labute approximate surface area is 288 Å². The van der Waals surface area contributed by atoms with Crippen LogP contribution in [0.2, 0.25) is 0 Å². The van der Waals surface area contributed by atoms with Gasteiger partial charge in [-0.05, 0) is 83.0 Å². The number of alkyl halides is 3. The highest BCUT2D eigenvalue weighted by atomic mass is 32.2. The number of rotatable bonds is 6. The van der Waals surface area contributed by atoms with E-state index in [4.69, 9.17) is 48.0 Å². The van der Waals surface area contributed by atoms with Crippen LogP contribution in [-0.4, -0.2) is 69.2 Å². The Morgan fingerprint density at radius 2 is 1.12 bits per heavy atom. The van der Waals surface area contributed by atoms with Crippen molar-refractivity contribution < 1.29 is 65.4 Å². The molecule has 0 radical (unpaired) electrons. The van der Waals surface area contributed by atoms with Gasteiger partial charge in [0.2, 0.25) is 11.6 Å². The molecular formula is C34H51F3O11S. The van der Waals surface area contributed by atoms with Crippen molar-refractivity contribution in [1.82, 2.24) is 0 Å². The molecule has 8 heterocycles. The topological polar surface area (TPSA) is 109 Å². The third-order valence-electron chi connectivity index (χ3n) is 14.1. The lowest BCUT2D eigenvalue weighted by Gasteiger charge is -2.62. The van der Waals surface area contributed by atoms with E-state index in [1.54, 1.807) is 13.8 Å². The number of hydrogen-bond donors (Lipinski definition) is 0. The number of fused-ring (bicyclic) bond motifs is 4. The second kappa shape index (κ2) is 11.5. The molecule has 0 aromatic carbocycles. The molecule has 11 nitrogen and oxygen atoms in total. The molecule has 2 spiro atoms. The second-order valence-electron chi connectivity index (χ2n) is 16.8. The van der Waals surface area contributed by atoms with Gasteiger partial charge in [-0.2, -0.15) is 13.2 Å². The molecule has 1 unspecified atom stereocenters. The summed E-state index contributed by atoms with van der Waals surface area (Å²) in [5, 5.41) is 0. The second-order valence-corrected chi connectivity index (χ2v) is 18.1. The average molecular weight is 725 g/mol. The highest BCUT2D eigenvalue weighted by Crippen LogP contribution is 2.65. The summed E-state index contributed by atoms with van der Waals surface area (Å²) in [4.78, 5) is 23.9. The maximum atomic E-state index is 15.3. The van der Waals surface area contributed by atoms with E-state index in [1.165, 1.54) is 6.92 Å². The van der Waals surface area contributed by atoms with Gasteiger partial charge in [0, 0.05) is 36.5 Å². The molecular weight excluding hydrogens is 673 g/mol. The van der Waals surface area contributed by atoms with Gasteiger partial charge in [0.15, 0.2) is 29.6 Å². The Balaban J connectivity index is 1.00. The molecule has 280 valence electrons. The van der Waals surface area contributed by atoms with Crippen molar-refractivity contribution in [3.05, 3.63) is 0 Å². The third kappa shape index (κ3) is 4.99. The van der Waals surface area contributed by atoms with Crippen molar-refractivity contribution in [2.24, 2.45) is 47.3 Å². The van der Waals surface area contributed by atoms with E-state index in [0.29, 0.717) is 31.6 Å². The molecule has 17 atom stereocenters. The SMILES string of the molecule is C[C@@H]1CC[C@H]2[C@@H](C)[C@@](C)(OCS(=O)CO[C@@]3(C(F)(F)F)O[C@@H]4O[C@]5(C)CC[C@H]6[C@H](C)CC[C@@H]([C@H]3C)[C@@]46OO5)O[C@@H]3O[C@]4(C)CC[C@@H]1[C@]32OO4. The van der Waals surface area contributed by atoms with Crippen molar-refractivity contribution in [2.45, 2.75) is 153 Å². The largest absolute Gasteiger partial charge is 0.443 e. The fourth-order valence-corrected chi connectivity index (χ4v) is 11.8. The average Bonchev–Trinajstić information content (AvgIpc) is 3.41. The Morgan fingerprint density at radius 1 is 0.633 bits per heavy atom. The van der Waals surface area contributed by atoms with Crippen molar-refractivity contribution in [2.75, 3.05) is 11.9 Å². The first-order chi connectivity index (χ1) is 22.9. The Bertz CT molecular complexity index is 1340. The summed E-state index contributed by atoms with van der Waals surface area (Å²) in [5.74, 6) is -9.36. The molecule has 2 aliphatic carbocycles. The van der Waals surface area contributed by atoms with Gasteiger partial charge in [-0.1, -0.05) is 27.7 Å². The van der Waals surface area contributed by atoms with E-state index in [-0.39, 0.29) is 29.6 Å². The Morgan fingerprint density at radius 3 is 1.65 bits per heavy atom. The molecule has 0 N–H and O–H groups in total. The fraction of sp³-hybridized carbons (Fsp3) is 1.00. The van der Waals surface area contributed by atoms with Crippen LogP contribution >= 0.6 is 0 Å². The van der Waals surface area contributed by atoms with Crippen molar-refractivity contribution in [3.63, 3.8) is 0 Å². The fourth-order valence-electron chi connectivity index (χ4n) is 11.1. The molecule has 10 fully saturated rings. The Hall–Kier alpha value is -0.460. The summed E-state index contributed by atoms with van der Waals surface area (Å²) in [6.45, 7) is 13.0. The van der Waals surface area contributed by atoms with Crippen LogP contribution in [0.15, 0.2) is 0 Å². The molecule has 8 aliphatic heterocycles. The van der Waals surface area contributed by atoms with Gasteiger partial charge in [-0.25, -0.2) is 19.6 Å². The zero-order chi connectivity index (χ0) is 35.0. The maximum absolute atomic E-state index is 15.3. The quantitative estimate of drug-likeness (QED) is 0.283. The first-order valence-electron chi connectivity index (χ1n) is 18.1. The van der Waals surface area contributed by atoms with Crippen LogP contribution in [0.3, 0.4) is 0 Å². The standard InChI is InChI=1S/C34H51F3O11S/c1-18-8-10-24-20(3)30(7,43-26-31(24)22(18)12-14-28(5,41-26)45-47-31)39-16-49(38)17-40-33(34(35,36)37)21(4)25-11-9-19(2)23-13-15-29(6)42-27(44-33)32(23,25)48-46-29/h18-27H,8-17H2,1-7H3/t18-,19-,20-,21-,22+,23+,24+,25+,26+,27+,28+,29+,30+,31-,32-,33-,49?/m1/s1. The van der Waals surface area contributed by atoms with Crippen molar-refractivity contribution in [1.29, 1.82) is 0 Å². The van der Waals surface area contributed by atoms with Crippen LogP contribution in [0.4, 0.5) is 13.2 Å². The lowest BCUT2D eigenvalue weighted by atomic mass is 9.57. The van der Waals surface area contributed by atoms with Gasteiger partial charge in [-0.3, -0.25) is 4.21 Å². The molecule has 8 saturated heterocycles. The van der Waals surface area contributed by atoms with Crippen LogP contribution in [0.5, 0.6) is 0 Å². The number of hydrogen-bond acceptors (Lipinski definition) is 11. The van der Waals surface area contributed by atoms with Crippen LogP contribution in [0, 0.1) is 47.3 Å². The van der Waals surface area contributed by atoms with Crippen LogP contribution < -0.4 is 0 Å². The lowest BCUT2D eigenvalue weighted by Crippen LogP contribution is -2.76. The van der Waals surface area contributed by atoms with E-state index in [0.717, 1.165) is 25.7 Å². The maximum Gasteiger partial charge on any atom is 0.443 e. The van der Waals surface area contributed by atoms with E-state index in [9.17, 15) is 4.21 Å². The smallest absolute Gasteiger partial charge is 0.336 e. The number of halogens is 3. The molecule has 49 heavy (non-hydrogen) atoms. The Kier molecular flexibility index (Phi) is 8.36. The molecule has 2 saturated carbocycles. The predicted molar refractivity (Wildman–Crippen MR) is 163 cm³/mol. The molecule has 15 heteroatoms. The molecule has 0 amide bonds. The summed E-state index contributed by atoms with van der Waals surface area (Å²) in [6, 6.07) is 0. The molecule has 0 aromatic rings. The summed E-state index contributed by atoms with van der Waals surface area (Å²) in [5.41, 5.74) is -2.03. The van der Waals surface area contributed by atoms with Gasteiger partial charge in [-0.15, -0.1) is 0 Å². The van der Waals surface area contributed by atoms with Gasteiger partial charge < -0.3 is 28.4 Å². The zero-order valence-corrected chi connectivity index (χ0v) is 30.2. The molecule has 4 bridgehead atoms. The van der Waals surface area contributed by atoms with E-state index >= 15 is 13.2 Å². The number of ether oxygens (including phenoxy) is 6. The molecule has 10 rings (SSSR count). The van der Waals surface area contributed by atoms with Gasteiger partial charge >= 0.3 is 6.18 Å². The normalized spacial score (nSPS) is 57.1. The summed E-state index contributed by atoms with van der Waals surface area (Å²) in [7, 11) is -2.01. The predicted octanol–water partition coefficient (Wildman–Crippen LogP) is 6.42. The monoisotopic (exact) mass is 724 g/mol.